The highest BCUT2D eigenvalue weighted by Gasteiger charge is 2.06. The minimum atomic E-state index is 0.591. The Morgan fingerprint density at radius 3 is 2.75 bits per heavy atom. The van der Waals surface area contributed by atoms with E-state index in [1.165, 1.54) is 16.7 Å². The van der Waals surface area contributed by atoms with Crippen molar-refractivity contribution in [3.8, 4) is 0 Å². The number of imidazole rings is 1. The number of aromatic nitrogens is 2. The first-order chi connectivity index (χ1) is 9.58. The number of rotatable bonds is 6. The van der Waals surface area contributed by atoms with Crippen molar-refractivity contribution in [3.63, 3.8) is 0 Å². The van der Waals surface area contributed by atoms with Gasteiger partial charge in [0.1, 0.15) is 5.82 Å². The second-order valence-corrected chi connectivity index (χ2v) is 5.72. The fraction of sp³-hybridized carbons (Fsp3) is 0.471. The zero-order chi connectivity index (χ0) is 14.5. The Labute approximate surface area is 122 Å². The lowest BCUT2D eigenvalue weighted by molar-refractivity contribution is 0.440. The number of hydrogen-bond donors (Lipinski definition) is 1. The smallest absolute Gasteiger partial charge is 0.105 e. The van der Waals surface area contributed by atoms with E-state index in [1.54, 1.807) is 0 Å². The standard InChI is InChI=1S/C17H25N3/c1-13(12-20-9-8-19-16(20)4)10-18-11-17-7-5-6-14(2)15(17)3/h5-9,13,18H,10-12H2,1-4H3. The first kappa shape index (κ1) is 14.8. The highest BCUT2D eigenvalue weighted by molar-refractivity contribution is 5.32. The fourth-order valence-corrected chi connectivity index (χ4v) is 2.45. The predicted molar refractivity (Wildman–Crippen MR) is 83.8 cm³/mol. The van der Waals surface area contributed by atoms with E-state index in [9.17, 15) is 0 Å². The largest absolute Gasteiger partial charge is 0.335 e. The van der Waals surface area contributed by atoms with Gasteiger partial charge in [0, 0.05) is 25.5 Å². The van der Waals surface area contributed by atoms with Gasteiger partial charge in [-0.1, -0.05) is 25.1 Å². The molecule has 2 aromatic rings. The highest BCUT2D eigenvalue weighted by Crippen LogP contribution is 2.12. The minimum Gasteiger partial charge on any atom is -0.335 e. The number of nitrogens with one attached hydrogen (secondary N) is 1. The van der Waals surface area contributed by atoms with Crippen LogP contribution in [0, 0.1) is 26.7 Å². The van der Waals surface area contributed by atoms with E-state index >= 15 is 0 Å². The lowest BCUT2D eigenvalue weighted by Crippen LogP contribution is -2.24. The van der Waals surface area contributed by atoms with Crippen LogP contribution in [0.4, 0.5) is 0 Å². The normalized spacial score (nSPS) is 12.6. The van der Waals surface area contributed by atoms with Gasteiger partial charge < -0.3 is 9.88 Å². The van der Waals surface area contributed by atoms with E-state index in [1.807, 2.05) is 6.20 Å². The summed E-state index contributed by atoms with van der Waals surface area (Å²) in [5.74, 6) is 1.68. The van der Waals surface area contributed by atoms with E-state index in [2.05, 4.69) is 67.0 Å². The minimum absolute atomic E-state index is 0.591. The molecular weight excluding hydrogens is 246 g/mol. The highest BCUT2D eigenvalue weighted by atomic mass is 15.1. The Morgan fingerprint density at radius 1 is 1.25 bits per heavy atom. The molecule has 0 spiro atoms. The Bertz CT molecular complexity index is 557. The third-order valence-corrected chi connectivity index (χ3v) is 3.96. The Hall–Kier alpha value is -1.61. The van der Waals surface area contributed by atoms with Gasteiger partial charge in [0.25, 0.3) is 0 Å². The summed E-state index contributed by atoms with van der Waals surface area (Å²) in [7, 11) is 0. The molecule has 0 aliphatic heterocycles. The van der Waals surface area contributed by atoms with Crippen molar-refractivity contribution >= 4 is 0 Å². The van der Waals surface area contributed by atoms with Gasteiger partial charge in [0.05, 0.1) is 0 Å². The quantitative estimate of drug-likeness (QED) is 0.874. The molecule has 0 saturated carbocycles. The van der Waals surface area contributed by atoms with E-state index in [0.29, 0.717) is 5.92 Å². The molecule has 1 unspecified atom stereocenters. The summed E-state index contributed by atoms with van der Waals surface area (Å²) >= 11 is 0. The summed E-state index contributed by atoms with van der Waals surface area (Å²) in [6, 6.07) is 6.51. The third-order valence-electron chi connectivity index (χ3n) is 3.96. The van der Waals surface area contributed by atoms with E-state index < -0.39 is 0 Å². The molecule has 3 heteroatoms. The van der Waals surface area contributed by atoms with E-state index in [4.69, 9.17) is 0 Å². The molecule has 0 amide bonds. The first-order valence-corrected chi connectivity index (χ1v) is 7.31. The molecule has 108 valence electrons. The second-order valence-electron chi connectivity index (χ2n) is 5.72. The van der Waals surface area contributed by atoms with Crippen molar-refractivity contribution in [3.05, 3.63) is 53.1 Å². The van der Waals surface area contributed by atoms with Gasteiger partial charge in [-0.15, -0.1) is 0 Å². The molecule has 20 heavy (non-hydrogen) atoms. The maximum atomic E-state index is 4.26. The van der Waals surface area contributed by atoms with Crippen LogP contribution in [0.25, 0.3) is 0 Å². The Kier molecular flexibility index (Phi) is 4.96. The van der Waals surface area contributed by atoms with Crippen molar-refractivity contribution < 1.29 is 0 Å². The molecule has 1 N–H and O–H groups in total. The van der Waals surface area contributed by atoms with Gasteiger partial charge in [-0.2, -0.15) is 0 Å². The lowest BCUT2D eigenvalue weighted by Gasteiger charge is -2.15. The molecule has 1 aromatic carbocycles. The number of benzene rings is 1. The number of hydrogen-bond acceptors (Lipinski definition) is 2. The van der Waals surface area contributed by atoms with Crippen molar-refractivity contribution in [2.75, 3.05) is 6.54 Å². The van der Waals surface area contributed by atoms with Gasteiger partial charge in [0.15, 0.2) is 0 Å². The molecule has 0 aliphatic carbocycles. The van der Waals surface area contributed by atoms with Crippen molar-refractivity contribution in [2.24, 2.45) is 5.92 Å². The molecule has 0 fully saturated rings. The van der Waals surface area contributed by atoms with Crippen molar-refractivity contribution in [1.82, 2.24) is 14.9 Å². The number of aryl methyl sites for hydroxylation is 2. The molecule has 1 heterocycles. The summed E-state index contributed by atoms with van der Waals surface area (Å²) in [5, 5.41) is 3.57. The van der Waals surface area contributed by atoms with Crippen LogP contribution in [0.15, 0.2) is 30.6 Å². The van der Waals surface area contributed by atoms with Gasteiger partial charge in [-0.3, -0.25) is 0 Å². The molecular formula is C17H25N3. The van der Waals surface area contributed by atoms with Crippen LogP contribution < -0.4 is 5.32 Å². The molecule has 0 aliphatic rings. The average molecular weight is 271 g/mol. The lowest BCUT2D eigenvalue weighted by atomic mass is 10.0. The summed E-state index contributed by atoms with van der Waals surface area (Å²) in [6.07, 6.45) is 3.92. The molecule has 0 radical (unpaired) electrons. The monoisotopic (exact) mass is 271 g/mol. The zero-order valence-corrected chi connectivity index (χ0v) is 13.0. The SMILES string of the molecule is Cc1cccc(CNCC(C)Cn2ccnc2C)c1C. The van der Waals surface area contributed by atoms with Crippen molar-refractivity contribution in [1.29, 1.82) is 0 Å². The summed E-state index contributed by atoms with van der Waals surface area (Å²) in [5.41, 5.74) is 4.17. The van der Waals surface area contributed by atoms with Crippen LogP contribution in [0.3, 0.4) is 0 Å². The Morgan fingerprint density at radius 2 is 2.05 bits per heavy atom. The molecule has 0 saturated heterocycles. The molecule has 0 bridgehead atoms. The Balaban J connectivity index is 1.81. The summed E-state index contributed by atoms with van der Waals surface area (Å²) < 4.78 is 2.21. The summed E-state index contributed by atoms with van der Waals surface area (Å²) in [4.78, 5) is 4.26. The first-order valence-electron chi connectivity index (χ1n) is 7.31. The van der Waals surface area contributed by atoms with Crippen molar-refractivity contribution in [2.45, 2.75) is 40.8 Å². The molecule has 2 rings (SSSR count). The third kappa shape index (κ3) is 3.70. The number of nitrogens with zero attached hydrogens (tertiary/aromatic N) is 2. The molecule has 1 atom stereocenters. The van der Waals surface area contributed by atoms with Gasteiger partial charge in [-0.05, 0) is 49.9 Å². The van der Waals surface area contributed by atoms with Gasteiger partial charge >= 0.3 is 0 Å². The maximum Gasteiger partial charge on any atom is 0.105 e. The fourth-order valence-electron chi connectivity index (χ4n) is 2.45. The summed E-state index contributed by atoms with van der Waals surface area (Å²) in [6.45, 7) is 11.7. The van der Waals surface area contributed by atoms with Crippen LogP contribution in [-0.4, -0.2) is 16.1 Å². The second kappa shape index (κ2) is 6.71. The predicted octanol–water partition coefficient (Wildman–Crippen LogP) is 3.23. The van der Waals surface area contributed by atoms with Gasteiger partial charge in [0.2, 0.25) is 0 Å². The average Bonchev–Trinajstić information content (AvgIpc) is 2.80. The van der Waals surface area contributed by atoms with Gasteiger partial charge in [-0.25, -0.2) is 4.98 Å². The van der Waals surface area contributed by atoms with Crippen LogP contribution in [-0.2, 0) is 13.1 Å². The van der Waals surface area contributed by atoms with Crippen LogP contribution >= 0.6 is 0 Å². The molecule has 1 aromatic heterocycles. The van der Waals surface area contributed by atoms with Crippen LogP contribution in [0.2, 0.25) is 0 Å². The van der Waals surface area contributed by atoms with E-state index in [-0.39, 0.29) is 0 Å². The van der Waals surface area contributed by atoms with E-state index in [0.717, 1.165) is 25.5 Å². The van der Waals surface area contributed by atoms with Crippen LogP contribution in [0.1, 0.15) is 29.4 Å². The topological polar surface area (TPSA) is 29.9 Å². The molecule has 3 nitrogen and oxygen atoms in total. The zero-order valence-electron chi connectivity index (χ0n) is 13.0. The maximum absolute atomic E-state index is 4.26. The van der Waals surface area contributed by atoms with Crippen LogP contribution in [0.5, 0.6) is 0 Å².